The molecule has 0 unspecified atom stereocenters. The molecule has 0 saturated carbocycles. The fourth-order valence-electron chi connectivity index (χ4n) is 6.49. The van der Waals surface area contributed by atoms with E-state index in [1.54, 1.807) is 0 Å². The minimum atomic E-state index is 0.566. The first-order valence-corrected chi connectivity index (χ1v) is 13.9. The molecule has 0 bridgehead atoms. The Kier molecular flexibility index (Phi) is 4.68. The van der Waals surface area contributed by atoms with Crippen molar-refractivity contribution in [2.45, 2.75) is 0 Å². The summed E-state index contributed by atoms with van der Waals surface area (Å²) in [7, 11) is 0. The van der Waals surface area contributed by atoms with Crippen molar-refractivity contribution >= 4 is 77.1 Å². The van der Waals surface area contributed by atoms with Crippen LogP contribution >= 0.6 is 0 Å². The molecule has 0 spiro atoms. The van der Waals surface area contributed by atoms with Gasteiger partial charge in [-0.25, -0.2) is 9.69 Å². The lowest BCUT2D eigenvalue weighted by atomic mass is 9.99. The van der Waals surface area contributed by atoms with Crippen LogP contribution in [-0.4, -0.2) is 4.57 Å². The number of benzene rings is 6. The van der Waals surface area contributed by atoms with E-state index in [1.165, 1.54) is 0 Å². The van der Waals surface area contributed by atoms with Crippen LogP contribution in [0, 0.1) is 13.1 Å². The fourth-order valence-corrected chi connectivity index (χ4v) is 6.49. The van der Waals surface area contributed by atoms with Crippen LogP contribution in [0.5, 0.6) is 0 Å². The third kappa shape index (κ3) is 3.25. The molecular formula is C38H19N3O2. The normalized spacial score (nSPS) is 11.7. The minimum absolute atomic E-state index is 0.566. The highest BCUT2D eigenvalue weighted by molar-refractivity contribution is 6.19. The Labute approximate surface area is 245 Å². The Bertz CT molecular complexity index is 2710. The lowest BCUT2D eigenvalue weighted by Gasteiger charge is -2.15. The molecule has 0 aliphatic heterocycles. The molecule has 3 heterocycles. The zero-order valence-corrected chi connectivity index (χ0v) is 22.6. The summed E-state index contributed by atoms with van der Waals surface area (Å²) in [6, 6.07) is 38.4. The molecule has 9 aromatic rings. The summed E-state index contributed by atoms with van der Waals surface area (Å²) in [6.45, 7) is 15.3. The molecule has 0 saturated heterocycles. The monoisotopic (exact) mass is 549 g/mol. The third-order valence-electron chi connectivity index (χ3n) is 8.43. The summed E-state index contributed by atoms with van der Waals surface area (Å²) in [4.78, 5) is 7.43. The van der Waals surface area contributed by atoms with Crippen LogP contribution in [0.15, 0.2) is 124 Å². The molecule has 3 aromatic heterocycles. The highest BCUT2D eigenvalue weighted by atomic mass is 16.4. The number of para-hydroxylation sites is 2. The quantitative estimate of drug-likeness (QED) is 0.201. The molecule has 0 atom stereocenters. The van der Waals surface area contributed by atoms with Gasteiger partial charge in [-0.05, 0) is 77.2 Å². The van der Waals surface area contributed by atoms with E-state index in [0.717, 1.165) is 82.5 Å². The molecule has 0 fully saturated rings. The van der Waals surface area contributed by atoms with E-state index in [2.05, 4.69) is 56.7 Å². The average molecular weight is 550 g/mol. The molecule has 9 rings (SSSR count). The van der Waals surface area contributed by atoms with Crippen molar-refractivity contribution in [2.24, 2.45) is 0 Å². The summed E-state index contributed by atoms with van der Waals surface area (Å²) < 4.78 is 14.9. The minimum Gasteiger partial charge on any atom is -0.452 e. The molecule has 43 heavy (non-hydrogen) atoms. The Morgan fingerprint density at radius 3 is 1.95 bits per heavy atom. The molecule has 6 aromatic carbocycles. The highest BCUT2D eigenvalue weighted by Crippen LogP contribution is 2.42. The van der Waals surface area contributed by atoms with Crippen molar-refractivity contribution < 1.29 is 8.83 Å². The number of rotatable bonds is 2. The lowest BCUT2D eigenvalue weighted by molar-refractivity contribution is 0.633. The lowest BCUT2D eigenvalue weighted by Crippen LogP contribution is -1.97. The Hall–Kier alpha value is -6.30. The van der Waals surface area contributed by atoms with E-state index in [4.69, 9.17) is 22.0 Å². The average Bonchev–Trinajstić information content (AvgIpc) is 3.73. The molecular weight excluding hydrogens is 530 g/mol. The second-order valence-corrected chi connectivity index (χ2v) is 10.7. The van der Waals surface area contributed by atoms with Crippen LogP contribution in [0.25, 0.3) is 92.2 Å². The maximum Gasteiger partial charge on any atom is 0.188 e. The van der Waals surface area contributed by atoms with Crippen LogP contribution < -0.4 is 0 Å². The zero-order valence-electron chi connectivity index (χ0n) is 22.6. The van der Waals surface area contributed by atoms with Gasteiger partial charge in [-0.15, -0.1) is 0 Å². The smallest absolute Gasteiger partial charge is 0.188 e. The number of nitrogens with zero attached hydrogens (tertiary/aromatic N) is 3. The van der Waals surface area contributed by atoms with Crippen molar-refractivity contribution in [1.29, 1.82) is 0 Å². The van der Waals surface area contributed by atoms with Crippen molar-refractivity contribution in [2.75, 3.05) is 0 Å². The van der Waals surface area contributed by atoms with Crippen LogP contribution in [0.1, 0.15) is 0 Å². The summed E-state index contributed by atoms with van der Waals surface area (Å²) in [5, 5.41) is 6.16. The van der Waals surface area contributed by atoms with Gasteiger partial charge in [0.2, 0.25) is 0 Å². The molecule has 0 aliphatic rings. The van der Waals surface area contributed by atoms with Gasteiger partial charge in [0.25, 0.3) is 0 Å². The van der Waals surface area contributed by atoms with Gasteiger partial charge in [0.05, 0.1) is 29.9 Å². The van der Waals surface area contributed by atoms with Gasteiger partial charge in [-0.3, -0.25) is 0 Å². The van der Waals surface area contributed by atoms with Crippen LogP contribution in [-0.2, 0) is 0 Å². The van der Waals surface area contributed by atoms with Crippen molar-refractivity contribution in [3.63, 3.8) is 0 Å². The largest absolute Gasteiger partial charge is 0.452 e. The highest BCUT2D eigenvalue weighted by Gasteiger charge is 2.19. The molecule has 5 heteroatoms. The van der Waals surface area contributed by atoms with Gasteiger partial charge in [-0.2, -0.15) is 0 Å². The number of furan rings is 2. The first-order valence-electron chi connectivity index (χ1n) is 13.9. The summed E-state index contributed by atoms with van der Waals surface area (Å²) in [5.74, 6) is 0. The van der Waals surface area contributed by atoms with E-state index < -0.39 is 0 Å². The number of fused-ring (bicyclic) bond motifs is 10. The Balaban J connectivity index is 1.32. The van der Waals surface area contributed by atoms with Gasteiger partial charge in [-0.1, -0.05) is 54.6 Å². The van der Waals surface area contributed by atoms with Gasteiger partial charge in [0, 0.05) is 26.9 Å². The van der Waals surface area contributed by atoms with Crippen LogP contribution in [0.2, 0.25) is 0 Å². The van der Waals surface area contributed by atoms with E-state index in [1.807, 2.05) is 72.8 Å². The zero-order chi connectivity index (χ0) is 28.7. The molecule has 0 N–H and O–H groups in total. The van der Waals surface area contributed by atoms with Crippen LogP contribution in [0.4, 0.5) is 11.4 Å². The first-order chi connectivity index (χ1) is 21.2. The topological polar surface area (TPSA) is 39.9 Å². The van der Waals surface area contributed by atoms with E-state index >= 15 is 0 Å². The number of hydrogen-bond acceptors (Lipinski definition) is 2. The van der Waals surface area contributed by atoms with Crippen molar-refractivity contribution in [3.8, 4) is 16.8 Å². The summed E-state index contributed by atoms with van der Waals surface area (Å²) in [5.41, 5.74) is 9.18. The van der Waals surface area contributed by atoms with E-state index in [9.17, 15) is 0 Å². The number of hydrogen-bond donors (Lipinski definition) is 0. The second kappa shape index (κ2) is 8.60. The molecule has 5 nitrogen and oxygen atoms in total. The fraction of sp³-hybridized carbons (Fsp3) is 0. The second-order valence-electron chi connectivity index (χ2n) is 10.7. The first kappa shape index (κ1) is 23.4. The van der Waals surface area contributed by atoms with Gasteiger partial charge in [0.1, 0.15) is 11.2 Å². The molecule has 198 valence electrons. The third-order valence-corrected chi connectivity index (χ3v) is 8.43. The SMILES string of the molecule is [C-]#[N+]c1ccc(-n2c3ccccc3c3cc([N+]#[C-])ccc32)c(-c2ccc3oc4c(ccc5c6ccccc6oc54)c3c2)c1. The summed E-state index contributed by atoms with van der Waals surface area (Å²) in [6.07, 6.45) is 0. The molecule has 0 aliphatic carbocycles. The predicted octanol–water partition coefficient (Wildman–Crippen LogP) is 11.4. The molecule has 0 amide bonds. The van der Waals surface area contributed by atoms with Crippen LogP contribution in [0.3, 0.4) is 0 Å². The van der Waals surface area contributed by atoms with E-state index in [-0.39, 0.29) is 0 Å². The van der Waals surface area contributed by atoms with Gasteiger partial charge >= 0.3 is 0 Å². The number of aromatic nitrogens is 1. The van der Waals surface area contributed by atoms with Crippen molar-refractivity contribution in [1.82, 2.24) is 4.57 Å². The maximum atomic E-state index is 7.76. The predicted molar refractivity (Wildman–Crippen MR) is 173 cm³/mol. The van der Waals surface area contributed by atoms with Gasteiger partial charge in [0.15, 0.2) is 22.5 Å². The standard InChI is InChI=1S/C38H19N3O2/c1-39-23-12-16-33(41-32-9-5-3-7-25(32)30-21-24(40-2)13-17-34(30)41)29(20-23)22-11-18-36-31(19-22)28-15-14-27-26-8-4-6-10-35(26)42-37(27)38(28)43-36/h3-21H. The Morgan fingerprint density at radius 1 is 0.488 bits per heavy atom. The Morgan fingerprint density at radius 2 is 1.14 bits per heavy atom. The summed E-state index contributed by atoms with van der Waals surface area (Å²) >= 11 is 0. The van der Waals surface area contributed by atoms with Gasteiger partial charge < -0.3 is 13.4 Å². The maximum absolute atomic E-state index is 7.76. The molecule has 0 radical (unpaired) electrons. The van der Waals surface area contributed by atoms with Crippen molar-refractivity contribution in [3.05, 3.63) is 138 Å². The van der Waals surface area contributed by atoms with E-state index in [0.29, 0.717) is 11.4 Å².